The van der Waals surface area contributed by atoms with Gasteiger partial charge in [-0.1, -0.05) is 18.2 Å². The number of carbonyl (C=O) groups excluding carboxylic acids is 1. The summed E-state index contributed by atoms with van der Waals surface area (Å²) in [4.78, 5) is 19.5. The van der Waals surface area contributed by atoms with E-state index in [9.17, 15) is 28.2 Å². The topological polar surface area (TPSA) is 111 Å². The van der Waals surface area contributed by atoms with E-state index < -0.39 is 29.4 Å². The Bertz CT molecular complexity index is 1480. The Balaban J connectivity index is 1.59. The number of thioether (sulfide) groups is 1. The van der Waals surface area contributed by atoms with Gasteiger partial charge in [0.2, 0.25) is 0 Å². The lowest BCUT2D eigenvalue weighted by Crippen LogP contribution is -2.45. The quantitative estimate of drug-likeness (QED) is 0.403. The van der Waals surface area contributed by atoms with Crippen LogP contribution in [0.4, 0.5) is 13.2 Å². The number of amides is 1. The maximum atomic E-state index is 14.2. The van der Waals surface area contributed by atoms with Gasteiger partial charge in [-0.05, 0) is 72.5 Å². The summed E-state index contributed by atoms with van der Waals surface area (Å²) in [6.45, 7) is 3.84. The van der Waals surface area contributed by atoms with Gasteiger partial charge in [-0.15, -0.1) is 0 Å². The number of hydrogen-bond acceptors (Lipinski definition) is 7. The fourth-order valence-electron chi connectivity index (χ4n) is 4.63. The normalized spacial score (nSPS) is 20.1. The van der Waals surface area contributed by atoms with Gasteiger partial charge in [-0.2, -0.15) is 23.3 Å². The average molecular weight is 561 g/mol. The molecule has 1 aromatic heterocycles. The van der Waals surface area contributed by atoms with Crippen LogP contribution in [0.5, 0.6) is 0 Å². The Morgan fingerprint density at radius 2 is 2.03 bits per heavy atom. The molecule has 206 valence electrons. The van der Waals surface area contributed by atoms with Crippen LogP contribution in [0.3, 0.4) is 0 Å². The van der Waals surface area contributed by atoms with Gasteiger partial charge < -0.3 is 19.8 Å². The highest BCUT2D eigenvalue weighted by atomic mass is 32.2. The summed E-state index contributed by atoms with van der Waals surface area (Å²) in [5, 5.41) is 27.9. The van der Waals surface area contributed by atoms with Crippen LogP contribution in [0, 0.1) is 0 Å². The van der Waals surface area contributed by atoms with E-state index in [1.807, 2.05) is 4.90 Å². The predicted octanol–water partition coefficient (Wildman–Crippen LogP) is 4.09. The molecule has 3 N–H and O–H groups in total. The van der Waals surface area contributed by atoms with Crippen LogP contribution in [0.15, 0.2) is 52.5 Å². The first-order chi connectivity index (χ1) is 18.4. The highest BCUT2D eigenvalue weighted by molar-refractivity contribution is 8.18. The first-order valence-electron chi connectivity index (χ1n) is 12.3. The minimum atomic E-state index is -4.68. The second kappa shape index (κ2) is 10.4. The summed E-state index contributed by atoms with van der Waals surface area (Å²) in [5.74, 6) is -0.536. The molecular formula is C27H27F3N4O4S. The van der Waals surface area contributed by atoms with Gasteiger partial charge in [-0.3, -0.25) is 9.89 Å². The van der Waals surface area contributed by atoms with Gasteiger partial charge >= 0.3 is 6.18 Å². The van der Waals surface area contributed by atoms with E-state index in [1.54, 1.807) is 24.4 Å². The summed E-state index contributed by atoms with van der Waals surface area (Å²) in [5.41, 5.74) is -0.503. The first kappa shape index (κ1) is 27.4. The Morgan fingerprint density at radius 3 is 2.74 bits per heavy atom. The van der Waals surface area contributed by atoms with Crippen LogP contribution >= 0.6 is 11.8 Å². The minimum absolute atomic E-state index is 0.0288. The Morgan fingerprint density at radius 1 is 1.23 bits per heavy atom. The van der Waals surface area contributed by atoms with Crippen molar-refractivity contribution in [2.24, 2.45) is 4.99 Å². The standard InChI is InChI=1S/C27H27F3N4O4S/c1-26(2,37)18-5-3-16(21(11-18)27(28,29)30)10-20(15-4-6-22-17(9-15)12-31-33-22)23-24(36)32-25(39-23)34-7-8-38-19(13-34)14-35/h3-6,9,11-12,19,35,37H,7-8,10,13-14H2,1-2H3,(H,31,33). The lowest BCUT2D eigenvalue weighted by Gasteiger charge is -2.32. The molecule has 12 heteroatoms. The van der Waals surface area contributed by atoms with E-state index in [4.69, 9.17) is 4.74 Å². The summed E-state index contributed by atoms with van der Waals surface area (Å²) in [7, 11) is 0. The number of ether oxygens (including phenoxy) is 1. The molecule has 1 saturated heterocycles. The number of nitrogens with zero attached hydrogens (tertiary/aromatic N) is 3. The summed E-state index contributed by atoms with van der Waals surface area (Å²) < 4.78 is 48.2. The Hall–Kier alpha value is -3.19. The van der Waals surface area contributed by atoms with E-state index in [0.29, 0.717) is 36.0 Å². The summed E-state index contributed by atoms with van der Waals surface area (Å²) in [6, 6.07) is 9.07. The van der Waals surface area contributed by atoms with Crippen LogP contribution in [-0.4, -0.2) is 68.8 Å². The van der Waals surface area contributed by atoms with Crippen molar-refractivity contribution < 1.29 is 32.9 Å². The molecule has 0 radical (unpaired) electrons. The number of halogens is 3. The van der Waals surface area contributed by atoms with Gasteiger partial charge in [0.15, 0.2) is 5.17 Å². The maximum absolute atomic E-state index is 14.2. The molecule has 0 spiro atoms. The predicted molar refractivity (Wildman–Crippen MR) is 142 cm³/mol. The molecule has 0 bridgehead atoms. The molecule has 39 heavy (non-hydrogen) atoms. The van der Waals surface area contributed by atoms with Crippen molar-refractivity contribution in [3.05, 3.63) is 69.8 Å². The molecule has 3 aromatic rings. The van der Waals surface area contributed by atoms with Crippen molar-refractivity contribution in [3.8, 4) is 0 Å². The number of allylic oxidation sites excluding steroid dienone is 1. The highest BCUT2D eigenvalue weighted by Gasteiger charge is 2.37. The molecule has 2 aliphatic heterocycles. The number of H-pyrrole nitrogens is 1. The molecular weight excluding hydrogens is 533 g/mol. The number of fused-ring (bicyclic) bond motifs is 1. The number of morpholine rings is 1. The van der Waals surface area contributed by atoms with Crippen LogP contribution in [0.1, 0.15) is 36.1 Å². The molecule has 1 fully saturated rings. The maximum Gasteiger partial charge on any atom is 0.416 e. The third kappa shape index (κ3) is 5.74. The number of aliphatic imine (C=N–C) groups is 1. The van der Waals surface area contributed by atoms with E-state index in [1.165, 1.54) is 26.0 Å². The number of carbonyl (C=O) groups is 1. The number of alkyl halides is 3. The lowest BCUT2D eigenvalue weighted by molar-refractivity contribution is -0.138. The number of aromatic amines is 1. The lowest BCUT2D eigenvalue weighted by atomic mass is 9.89. The molecule has 5 rings (SSSR count). The molecule has 1 atom stereocenters. The number of benzene rings is 2. The zero-order valence-corrected chi connectivity index (χ0v) is 22.1. The average Bonchev–Trinajstić information content (AvgIpc) is 3.52. The van der Waals surface area contributed by atoms with E-state index in [-0.39, 0.29) is 29.1 Å². The van der Waals surface area contributed by atoms with Crippen LogP contribution in [-0.2, 0) is 27.7 Å². The number of nitrogens with one attached hydrogen (secondary N) is 1. The molecule has 2 aliphatic rings. The monoisotopic (exact) mass is 560 g/mol. The zero-order valence-electron chi connectivity index (χ0n) is 21.2. The number of hydrogen-bond donors (Lipinski definition) is 3. The molecule has 0 saturated carbocycles. The van der Waals surface area contributed by atoms with Gasteiger partial charge in [0.05, 0.1) is 47.1 Å². The van der Waals surface area contributed by atoms with E-state index >= 15 is 0 Å². The van der Waals surface area contributed by atoms with Gasteiger partial charge in [0.1, 0.15) is 0 Å². The summed E-state index contributed by atoms with van der Waals surface area (Å²) >= 11 is 1.11. The molecule has 1 unspecified atom stereocenters. The Kier molecular flexibility index (Phi) is 7.31. The SMILES string of the molecule is CC(C)(O)c1ccc(CC(=C2SC(N3CCOC(CO)C3)=NC2=O)c2ccc3[nH]ncc3c2)c(C(F)(F)F)c1. The second-order valence-corrected chi connectivity index (χ2v) is 11.0. The third-order valence-corrected chi connectivity index (χ3v) is 7.91. The van der Waals surface area contributed by atoms with Gasteiger partial charge in [-0.25, -0.2) is 0 Å². The number of rotatable bonds is 5. The fourth-order valence-corrected chi connectivity index (χ4v) is 5.69. The number of amidine groups is 1. The molecule has 2 aromatic carbocycles. The first-order valence-corrected chi connectivity index (χ1v) is 13.1. The van der Waals surface area contributed by atoms with Crippen molar-refractivity contribution in [1.29, 1.82) is 0 Å². The number of aromatic nitrogens is 2. The fraction of sp³-hybridized carbons (Fsp3) is 0.370. The number of aliphatic hydroxyl groups is 2. The van der Waals surface area contributed by atoms with Crippen molar-refractivity contribution in [2.75, 3.05) is 26.3 Å². The van der Waals surface area contributed by atoms with Crippen molar-refractivity contribution in [2.45, 2.75) is 38.1 Å². The van der Waals surface area contributed by atoms with Gasteiger partial charge in [0.25, 0.3) is 5.91 Å². The third-order valence-electron chi connectivity index (χ3n) is 6.75. The highest BCUT2D eigenvalue weighted by Crippen LogP contribution is 2.41. The molecule has 8 nitrogen and oxygen atoms in total. The van der Waals surface area contributed by atoms with E-state index in [2.05, 4.69) is 15.2 Å². The largest absolute Gasteiger partial charge is 0.416 e. The Labute approximate surface area is 226 Å². The van der Waals surface area contributed by atoms with Crippen molar-refractivity contribution >= 4 is 39.3 Å². The second-order valence-electron chi connectivity index (χ2n) is 10.0. The molecule has 0 aliphatic carbocycles. The van der Waals surface area contributed by atoms with Crippen molar-refractivity contribution in [3.63, 3.8) is 0 Å². The number of aliphatic hydroxyl groups excluding tert-OH is 1. The van der Waals surface area contributed by atoms with Crippen LogP contribution in [0.25, 0.3) is 16.5 Å². The van der Waals surface area contributed by atoms with Crippen molar-refractivity contribution in [1.82, 2.24) is 15.1 Å². The smallest absolute Gasteiger partial charge is 0.394 e. The summed E-state index contributed by atoms with van der Waals surface area (Å²) in [6.07, 6.45) is -3.68. The van der Waals surface area contributed by atoms with Crippen LogP contribution < -0.4 is 0 Å². The van der Waals surface area contributed by atoms with E-state index in [0.717, 1.165) is 28.7 Å². The molecule has 3 heterocycles. The van der Waals surface area contributed by atoms with Gasteiger partial charge in [0, 0.05) is 18.5 Å². The van der Waals surface area contributed by atoms with Crippen LogP contribution in [0.2, 0.25) is 0 Å². The minimum Gasteiger partial charge on any atom is -0.394 e. The molecule has 1 amide bonds. The zero-order chi connectivity index (χ0) is 27.9.